The summed E-state index contributed by atoms with van der Waals surface area (Å²) in [6.07, 6.45) is 7.49. The van der Waals surface area contributed by atoms with Crippen LogP contribution in [0.2, 0.25) is 0 Å². The molecule has 2 aromatic carbocycles. The summed E-state index contributed by atoms with van der Waals surface area (Å²) in [7, 11) is 0. The fourth-order valence-electron chi connectivity index (χ4n) is 4.74. The normalized spacial score (nSPS) is 13.6. The lowest BCUT2D eigenvalue weighted by Gasteiger charge is -2.26. The van der Waals surface area contributed by atoms with E-state index in [1.807, 2.05) is 65.9 Å². The zero-order valence-electron chi connectivity index (χ0n) is 22.4. The lowest BCUT2D eigenvalue weighted by molar-refractivity contribution is 0.0360. The molecule has 5 aromatic rings. The van der Waals surface area contributed by atoms with Gasteiger partial charge in [0.15, 0.2) is 5.82 Å². The summed E-state index contributed by atoms with van der Waals surface area (Å²) in [6, 6.07) is 20.2. The number of hydrogen-bond donors (Lipinski definition) is 0. The Morgan fingerprint density at radius 2 is 1.66 bits per heavy atom. The van der Waals surface area contributed by atoms with Crippen molar-refractivity contribution < 1.29 is 4.74 Å². The van der Waals surface area contributed by atoms with E-state index in [-0.39, 0.29) is 5.56 Å². The molecule has 10 nitrogen and oxygen atoms in total. The number of rotatable bonds is 8. The van der Waals surface area contributed by atoms with Crippen molar-refractivity contribution in [2.24, 2.45) is 0 Å². The first-order chi connectivity index (χ1) is 20.1. The van der Waals surface area contributed by atoms with Crippen LogP contribution in [0.3, 0.4) is 0 Å². The first kappa shape index (κ1) is 26.3. The van der Waals surface area contributed by atoms with Crippen LogP contribution in [0, 0.1) is 11.3 Å². The molecule has 1 saturated heterocycles. The molecule has 0 N–H and O–H groups in total. The van der Waals surface area contributed by atoms with Crippen molar-refractivity contribution in [1.29, 1.82) is 5.26 Å². The second kappa shape index (κ2) is 12.0. The Morgan fingerprint density at radius 3 is 2.44 bits per heavy atom. The third kappa shape index (κ3) is 6.27. The van der Waals surface area contributed by atoms with Gasteiger partial charge >= 0.3 is 0 Å². The number of nitrogens with zero attached hydrogens (tertiary/aromatic N) is 8. The molecule has 0 amide bonds. The van der Waals surface area contributed by atoms with Gasteiger partial charge in [-0.3, -0.25) is 14.4 Å². The molecule has 1 aliphatic heterocycles. The molecule has 41 heavy (non-hydrogen) atoms. The number of morpholine rings is 1. The van der Waals surface area contributed by atoms with Gasteiger partial charge in [0.1, 0.15) is 0 Å². The molecule has 0 atom stereocenters. The minimum absolute atomic E-state index is 0.195. The van der Waals surface area contributed by atoms with Crippen LogP contribution in [0.1, 0.15) is 11.1 Å². The second-order valence-corrected chi connectivity index (χ2v) is 9.85. The van der Waals surface area contributed by atoms with E-state index in [1.54, 1.807) is 18.2 Å². The average molecular weight is 545 g/mol. The van der Waals surface area contributed by atoms with E-state index in [2.05, 4.69) is 31.1 Å². The van der Waals surface area contributed by atoms with Gasteiger partial charge in [0.25, 0.3) is 5.56 Å². The molecule has 4 heterocycles. The van der Waals surface area contributed by atoms with Crippen LogP contribution in [0.15, 0.2) is 90.2 Å². The van der Waals surface area contributed by atoms with Crippen LogP contribution >= 0.6 is 0 Å². The monoisotopic (exact) mass is 544 g/mol. The fraction of sp³-hybridized carbons (Fsp3) is 0.226. The van der Waals surface area contributed by atoms with Crippen molar-refractivity contribution in [2.75, 3.05) is 32.8 Å². The lowest BCUT2D eigenvalue weighted by Crippen LogP contribution is -2.38. The van der Waals surface area contributed by atoms with Crippen LogP contribution in [0.25, 0.3) is 33.8 Å². The van der Waals surface area contributed by atoms with E-state index >= 15 is 0 Å². The molecule has 6 rings (SSSR count). The maximum absolute atomic E-state index is 12.6. The number of ether oxygens (including phenoxy) is 1. The van der Waals surface area contributed by atoms with Gasteiger partial charge in [-0.25, -0.2) is 14.6 Å². The summed E-state index contributed by atoms with van der Waals surface area (Å²) in [5, 5.41) is 18.1. The van der Waals surface area contributed by atoms with Crippen molar-refractivity contribution >= 4 is 0 Å². The van der Waals surface area contributed by atoms with E-state index in [9.17, 15) is 4.79 Å². The SMILES string of the molecule is N#Cc1ccc(-c2ccc(=O)n(Cc3cccc(-c4ncc(-c5cnn(CCN6CCOCC6)c5)cn4)c3)n2)cc1. The maximum Gasteiger partial charge on any atom is 0.267 e. The van der Waals surface area contributed by atoms with E-state index in [4.69, 9.17) is 10.00 Å². The van der Waals surface area contributed by atoms with Gasteiger partial charge < -0.3 is 4.74 Å². The van der Waals surface area contributed by atoms with Gasteiger partial charge in [0.05, 0.1) is 49.8 Å². The summed E-state index contributed by atoms with van der Waals surface area (Å²) in [4.78, 5) is 24.2. The summed E-state index contributed by atoms with van der Waals surface area (Å²) < 4.78 is 8.81. The standard InChI is InChI=1S/C31H28N8O2/c32-17-23-4-6-25(7-5-23)29-8-9-30(40)39(36-29)21-24-2-1-3-26(16-24)31-33-18-27(19-34-31)28-20-35-38(22-28)11-10-37-12-14-41-15-13-37/h1-9,16,18-20,22H,10-15,21H2. The van der Waals surface area contributed by atoms with E-state index in [0.29, 0.717) is 23.6 Å². The molecular formula is C31H28N8O2. The lowest BCUT2D eigenvalue weighted by atomic mass is 10.1. The third-order valence-corrected chi connectivity index (χ3v) is 7.06. The van der Waals surface area contributed by atoms with Crippen molar-refractivity contribution in [3.8, 4) is 39.8 Å². The fourth-order valence-corrected chi connectivity index (χ4v) is 4.74. The Kier molecular flexibility index (Phi) is 7.71. The van der Waals surface area contributed by atoms with Crippen molar-refractivity contribution in [2.45, 2.75) is 13.1 Å². The molecule has 1 aliphatic rings. The predicted octanol–water partition coefficient (Wildman–Crippen LogP) is 3.48. The molecule has 0 radical (unpaired) electrons. The largest absolute Gasteiger partial charge is 0.379 e. The number of nitriles is 1. The van der Waals surface area contributed by atoms with Crippen LogP contribution in [-0.4, -0.2) is 67.3 Å². The maximum atomic E-state index is 12.6. The highest BCUT2D eigenvalue weighted by Crippen LogP contribution is 2.22. The molecule has 3 aromatic heterocycles. The zero-order chi connectivity index (χ0) is 28.0. The minimum Gasteiger partial charge on any atom is -0.379 e. The Balaban J connectivity index is 1.14. The van der Waals surface area contributed by atoms with Gasteiger partial charge in [-0.1, -0.05) is 30.3 Å². The van der Waals surface area contributed by atoms with Gasteiger partial charge in [0, 0.05) is 66.5 Å². The molecule has 0 aliphatic carbocycles. The average Bonchev–Trinajstić information content (AvgIpc) is 3.51. The molecular weight excluding hydrogens is 516 g/mol. The zero-order valence-corrected chi connectivity index (χ0v) is 22.4. The van der Waals surface area contributed by atoms with Crippen molar-refractivity contribution in [1.82, 2.24) is 34.4 Å². The highest BCUT2D eigenvalue weighted by Gasteiger charge is 2.12. The van der Waals surface area contributed by atoms with Crippen LogP contribution in [-0.2, 0) is 17.8 Å². The summed E-state index contributed by atoms with van der Waals surface area (Å²) in [5.74, 6) is 0.599. The second-order valence-electron chi connectivity index (χ2n) is 9.85. The highest BCUT2D eigenvalue weighted by atomic mass is 16.5. The predicted molar refractivity (Wildman–Crippen MR) is 154 cm³/mol. The van der Waals surface area contributed by atoms with Gasteiger partial charge in [-0.05, 0) is 29.8 Å². The Morgan fingerprint density at radius 1 is 0.854 bits per heavy atom. The number of hydrogen-bond acceptors (Lipinski definition) is 8. The third-order valence-electron chi connectivity index (χ3n) is 7.06. The molecule has 204 valence electrons. The van der Waals surface area contributed by atoms with Crippen LogP contribution in [0.5, 0.6) is 0 Å². The van der Waals surface area contributed by atoms with E-state index in [1.165, 1.54) is 10.7 Å². The smallest absolute Gasteiger partial charge is 0.267 e. The van der Waals surface area contributed by atoms with Gasteiger partial charge in [-0.2, -0.15) is 15.5 Å². The molecule has 10 heteroatoms. The number of benzene rings is 2. The first-order valence-corrected chi connectivity index (χ1v) is 13.5. The van der Waals surface area contributed by atoms with Gasteiger partial charge in [0.2, 0.25) is 0 Å². The Labute approximate surface area is 237 Å². The topological polar surface area (TPSA) is 115 Å². The highest BCUT2D eigenvalue weighted by molar-refractivity contribution is 5.63. The number of aromatic nitrogens is 6. The molecule has 0 unspecified atom stereocenters. The Hall–Kier alpha value is -4.98. The van der Waals surface area contributed by atoms with Crippen LogP contribution < -0.4 is 5.56 Å². The minimum atomic E-state index is -0.195. The summed E-state index contributed by atoms with van der Waals surface area (Å²) in [6.45, 7) is 5.57. The molecule has 0 bridgehead atoms. The summed E-state index contributed by atoms with van der Waals surface area (Å²) in [5.41, 5.74) is 5.51. The summed E-state index contributed by atoms with van der Waals surface area (Å²) >= 11 is 0. The first-order valence-electron chi connectivity index (χ1n) is 13.5. The van der Waals surface area contributed by atoms with Crippen molar-refractivity contribution in [3.05, 3.63) is 107 Å². The van der Waals surface area contributed by atoms with Crippen LogP contribution in [0.4, 0.5) is 0 Å². The Bertz CT molecular complexity index is 1730. The van der Waals surface area contributed by atoms with E-state index < -0.39 is 0 Å². The molecule has 0 saturated carbocycles. The van der Waals surface area contributed by atoms with Crippen molar-refractivity contribution in [3.63, 3.8) is 0 Å². The molecule has 0 spiro atoms. The molecule has 1 fully saturated rings. The van der Waals surface area contributed by atoms with E-state index in [0.717, 1.165) is 67.2 Å². The quantitative estimate of drug-likeness (QED) is 0.292. The van der Waals surface area contributed by atoms with Gasteiger partial charge in [-0.15, -0.1) is 0 Å².